The number of halogens is 3. The average molecular weight is 270 g/mol. The summed E-state index contributed by atoms with van der Waals surface area (Å²) in [6, 6.07) is 5.42. The Bertz CT molecular complexity index is 466. The lowest BCUT2D eigenvalue weighted by Crippen LogP contribution is -2.18. The maximum absolute atomic E-state index is 12.8. The van der Waals surface area contributed by atoms with Crippen molar-refractivity contribution in [1.29, 1.82) is 0 Å². The van der Waals surface area contributed by atoms with Gasteiger partial charge in [-0.05, 0) is 37.3 Å². The van der Waals surface area contributed by atoms with Gasteiger partial charge in [0.1, 0.15) is 0 Å². The number of benzene rings is 1. The number of anilines is 1. The summed E-state index contributed by atoms with van der Waals surface area (Å²) in [4.78, 5) is 0. The summed E-state index contributed by atoms with van der Waals surface area (Å²) in [5, 5.41) is 4.18. The fourth-order valence-corrected chi connectivity index (χ4v) is 2.30. The lowest BCUT2D eigenvalue weighted by atomic mass is 9.89. The fraction of sp³-hybridized carbons (Fsp3) is 0.500. The van der Waals surface area contributed by atoms with Crippen LogP contribution in [0.25, 0.3) is 0 Å². The van der Waals surface area contributed by atoms with Crippen molar-refractivity contribution in [1.82, 2.24) is 0 Å². The maximum Gasteiger partial charge on any atom is 0.418 e. The first kappa shape index (κ1) is 13.9. The summed E-state index contributed by atoms with van der Waals surface area (Å²) in [6.07, 6.45) is -0.211. The van der Waals surface area contributed by atoms with Crippen LogP contribution in [0.1, 0.15) is 38.2 Å². The largest absolute Gasteiger partial charge is 0.418 e. The van der Waals surface area contributed by atoms with Gasteiger partial charge in [-0.25, -0.2) is 0 Å². The van der Waals surface area contributed by atoms with Crippen molar-refractivity contribution in [3.8, 4) is 0 Å². The van der Waals surface area contributed by atoms with Crippen molar-refractivity contribution >= 4 is 11.4 Å². The zero-order valence-electron chi connectivity index (χ0n) is 10.8. The Morgan fingerprint density at radius 3 is 2.63 bits per heavy atom. The highest BCUT2D eigenvalue weighted by molar-refractivity contribution is 5.87. The predicted molar refractivity (Wildman–Crippen MR) is 70.1 cm³/mol. The van der Waals surface area contributed by atoms with Crippen molar-refractivity contribution in [2.75, 3.05) is 5.43 Å². The molecule has 2 rings (SSSR count). The Morgan fingerprint density at radius 1 is 1.21 bits per heavy atom. The molecule has 1 N–H and O–H groups in total. The first-order valence-electron chi connectivity index (χ1n) is 6.47. The molecule has 1 fully saturated rings. The Kier molecular flexibility index (Phi) is 4.12. The second-order valence-corrected chi connectivity index (χ2v) is 4.91. The van der Waals surface area contributed by atoms with Crippen LogP contribution < -0.4 is 5.43 Å². The number of para-hydroxylation sites is 1. The van der Waals surface area contributed by atoms with E-state index in [1.165, 1.54) is 18.6 Å². The molecule has 0 aromatic heterocycles. The minimum absolute atomic E-state index is 0.0141. The summed E-state index contributed by atoms with van der Waals surface area (Å²) >= 11 is 0. The molecule has 0 spiro atoms. The predicted octanol–water partition coefficient (Wildman–Crippen LogP) is 4.68. The molecule has 0 aliphatic heterocycles. The van der Waals surface area contributed by atoms with Crippen LogP contribution in [-0.2, 0) is 6.18 Å². The van der Waals surface area contributed by atoms with E-state index in [-0.39, 0.29) is 5.69 Å². The number of alkyl halides is 3. The summed E-state index contributed by atoms with van der Waals surface area (Å²) in [7, 11) is 0. The molecule has 1 aromatic carbocycles. The second-order valence-electron chi connectivity index (χ2n) is 4.91. The first-order valence-corrected chi connectivity index (χ1v) is 6.47. The molecule has 0 bridgehead atoms. The molecule has 5 heteroatoms. The van der Waals surface area contributed by atoms with Crippen molar-refractivity contribution < 1.29 is 13.2 Å². The Balaban J connectivity index is 2.17. The quantitative estimate of drug-likeness (QED) is 0.775. The number of rotatable bonds is 2. The average Bonchev–Trinajstić information content (AvgIpc) is 2.37. The van der Waals surface area contributed by atoms with Crippen LogP contribution in [0.5, 0.6) is 0 Å². The minimum atomic E-state index is -4.36. The van der Waals surface area contributed by atoms with Crippen molar-refractivity contribution in [3.05, 3.63) is 29.8 Å². The van der Waals surface area contributed by atoms with Gasteiger partial charge in [-0.2, -0.15) is 18.3 Å². The van der Waals surface area contributed by atoms with E-state index in [2.05, 4.69) is 17.5 Å². The van der Waals surface area contributed by atoms with E-state index >= 15 is 0 Å². The van der Waals surface area contributed by atoms with Gasteiger partial charge in [0, 0.05) is 5.71 Å². The lowest BCUT2D eigenvalue weighted by Gasteiger charge is -2.20. The fourth-order valence-electron chi connectivity index (χ4n) is 2.30. The Labute approximate surface area is 110 Å². The topological polar surface area (TPSA) is 24.4 Å². The molecule has 0 saturated heterocycles. The molecule has 1 aliphatic carbocycles. The first-order chi connectivity index (χ1) is 8.98. The molecule has 1 aromatic rings. The van der Waals surface area contributed by atoms with Gasteiger partial charge in [0.05, 0.1) is 11.3 Å². The summed E-state index contributed by atoms with van der Waals surface area (Å²) < 4.78 is 38.4. The van der Waals surface area contributed by atoms with Gasteiger partial charge in [0.25, 0.3) is 0 Å². The van der Waals surface area contributed by atoms with E-state index in [1.807, 2.05) is 0 Å². The van der Waals surface area contributed by atoms with Crippen LogP contribution in [0.4, 0.5) is 18.9 Å². The molecule has 19 heavy (non-hydrogen) atoms. The number of nitrogens with one attached hydrogen (secondary N) is 1. The number of hydrogen-bond acceptors (Lipinski definition) is 2. The van der Waals surface area contributed by atoms with Crippen molar-refractivity contribution in [3.63, 3.8) is 0 Å². The van der Waals surface area contributed by atoms with Crippen LogP contribution in [0.2, 0.25) is 0 Å². The summed E-state index contributed by atoms with van der Waals surface area (Å²) in [6.45, 7) is 2.06. The monoisotopic (exact) mass is 270 g/mol. The normalized spacial score (nSPS) is 22.5. The molecular weight excluding hydrogens is 253 g/mol. The van der Waals surface area contributed by atoms with Gasteiger partial charge in [0.15, 0.2) is 0 Å². The van der Waals surface area contributed by atoms with Gasteiger partial charge < -0.3 is 0 Å². The smallest absolute Gasteiger partial charge is 0.278 e. The van der Waals surface area contributed by atoms with E-state index in [9.17, 15) is 13.2 Å². The van der Waals surface area contributed by atoms with Crippen molar-refractivity contribution in [2.45, 2.75) is 38.8 Å². The third-order valence-corrected chi connectivity index (χ3v) is 3.44. The van der Waals surface area contributed by atoms with E-state index in [4.69, 9.17) is 0 Å². The molecule has 0 heterocycles. The van der Waals surface area contributed by atoms with Gasteiger partial charge >= 0.3 is 6.18 Å². The zero-order valence-corrected chi connectivity index (χ0v) is 10.8. The third-order valence-electron chi connectivity index (χ3n) is 3.44. The molecule has 2 nitrogen and oxygen atoms in total. The van der Waals surface area contributed by atoms with Crippen LogP contribution in [0.3, 0.4) is 0 Å². The summed E-state index contributed by atoms with van der Waals surface area (Å²) in [5.74, 6) is 0.347. The molecule has 0 unspecified atom stereocenters. The van der Waals surface area contributed by atoms with Crippen LogP contribution in [0, 0.1) is 5.92 Å². The highest BCUT2D eigenvalue weighted by Gasteiger charge is 2.33. The highest BCUT2D eigenvalue weighted by Crippen LogP contribution is 2.34. The Hall–Kier alpha value is -1.52. The third kappa shape index (κ3) is 3.49. The highest BCUT2D eigenvalue weighted by atomic mass is 19.4. The standard InChI is InChI=1S/C14H17F3N2/c1-10-6-2-4-8-12(10)18-19-13-9-5-3-7-11(13)14(15,16)17/h3,5,7,9-10,19H,2,4,6,8H2,1H3/b18-12-/t10-/m1/s1. The lowest BCUT2D eigenvalue weighted by molar-refractivity contribution is -0.136. The molecular formula is C14H17F3N2. The summed E-state index contributed by atoms with van der Waals surface area (Å²) in [5.41, 5.74) is 2.89. The van der Waals surface area contributed by atoms with Gasteiger partial charge in [0.2, 0.25) is 0 Å². The van der Waals surface area contributed by atoms with Gasteiger partial charge in [-0.3, -0.25) is 5.43 Å². The van der Waals surface area contributed by atoms with Crippen LogP contribution in [0.15, 0.2) is 29.4 Å². The Morgan fingerprint density at radius 2 is 1.95 bits per heavy atom. The van der Waals surface area contributed by atoms with Crippen molar-refractivity contribution in [2.24, 2.45) is 11.0 Å². The molecule has 104 valence electrons. The van der Waals surface area contributed by atoms with E-state index in [0.29, 0.717) is 5.92 Å². The molecule has 0 amide bonds. The zero-order chi connectivity index (χ0) is 13.9. The second kappa shape index (κ2) is 5.63. The SMILES string of the molecule is C[C@@H]1CCCC/C1=N/Nc1ccccc1C(F)(F)F. The van der Waals surface area contributed by atoms with Gasteiger partial charge in [-0.15, -0.1) is 0 Å². The minimum Gasteiger partial charge on any atom is -0.278 e. The van der Waals surface area contributed by atoms with Crippen LogP contribution >= 0.6 is 0 Å². The van der Waals surface area contributed by atoms with E-state index in [1.54, 1.807) is 6.07 Å². The molecule has 1 saturated carbocycles. The number of nitrogens with zero attached hydrogens (tertiary/aromatic N) is 1. The van der Waals surface area contributed by atoms with Gasteiger partial charge in [-0.1, -0.05) is 25.5 Å². The maximum atomic E-state index is 12.8. The number of hydrogen-bond donors (Lipinski definition) is 1. The van der Waals surface area contributed by atoms with E-state index < -0.39 is 11.7 Å². The molecule has 1 aliphatic rings. The van der Waals surface area contributed by atoms with Crippen LogP contribution in [-0.4, -0.2) is 5.71 Å². The molecule has 1 atom stereocenters. The molecule has 0 radical (unpaired) electrons. The number of hydrazone groups is 1. The van der Waals surface area contributed by atoms with E-state index in [0.717, 1.165) is 31.0 Å².